The van der Waals surface area contributed by atoms with E-state index in [1.807, 2.05) is 17.0 Å². The Morgan fingerprint density at radius 2 is 2.42 bits per heavy atom. The smallest absolute Gasteiger partial charge is 0.274 e. The second kappa shape index (κ2) is 4.91. The van der Waals surface area contributed by atoms with Crippen LogP contribution in [0.25, 0.3) is 11.5 Å². The van der Waals surface area contributed by atoms with Crippen molar-refractivity contribution >= 4 is 5.91 Å². The Labute approximate surface area is 111 Å². The van der Waals surface area contributed by atoms with Crippen LogP contribution < -0.4 is 0 Å². The van der Waals surface area contributed by atoms with Crippen molar-refractivity contribution in [2.45, 2.75) is 32.2 Å². The zero-order chi connectivity index (χ0) is 13.2. The predicted molar refractivity (Wildman–Crippen MR) is 70.6 cm³/mol. The van der Waals surface area contributed by atoms with Gasteiger partial charge in [0, 0.05) is 18.7 Å². The lowest BCUT2D eigenvalue weighted by molar-refractivity contribution is 0.0629. The molecule has 0 unspecified atom stereocenters. The van der Waals surface area contributed by atoms with E-state index in [-0.39, 0.29) is 5.91 Å². The monoisotopic (exact) mass is 259 g/mol. The summed E-state index contributed by atoms with van der Waals surface area (Å²) < 4.78 is 5.28. The molecule has 0 saturated carbocycles. The van der Waals surface area contributed by atoms with Crippen LogP contribution >= 0.6 is 0 Å². The molecular weight excluding hydrogens is 242 g/mol. The summed E-state index contributed by atoms with van der Waals surface area (Å²) in [5.41, 5.74) is 1.19. The van der Waals surface area contributed by atoms with E-state index in [2.05, 4.69) is 17.1 Å². The largest absolute Gasteiger partial charge is 0.463 e. The fourth-order valence-electron chi connectivity index (χ4n) is 2.54. The molecule has 1 amide bonds. The highest BCUT2D eigenvalue weighted by Crippen LogP contribution is 2.21. The van der Waals surface area contributed by atoms with E-state index in [9.17, 15) is 4.79 Å². The molecule has 0 aliphatic carbocycles. The van der Waals surface area contributed by atoms with Crippen LogP contribution in [0.4, 0.5) is 0 Å². The Morgan fingerprint density at radius 1 is 1.53 bits per heavy atom. The summed E-state index contributed by atoms with van der Waals surface area (Å²) in [6, 6.07) is 5.70. The van der Waals surface area contributed by atoms with Crippen LogP contribution in [-0.2, 0) is 0 Å². The van der Waals surface area contributed by atoms with Gasteiger partial charge in [0.05, 0.1) is 6.26 Å². The van der Waals surface area contributed by atoms with E-state index in [4.69, 9.17) is 4.42 Å². The summed E-state index contributed by atoms with van der Waals surface area (Å²) in [6.07, 6.45) is 4.94. The van der Waals surface area contributed by atoms with Crippen molar-refractivity contribution in [2.24, 2.45) is 0 Å². The molecule has 1 aliphatic rings. The number of carbonyl (C=O) groups excluding carboxylic acids is 1. The van der Waals surface area contributed by atoms with Crippen molar-refractivity contribution in [1.82, 2.24) is 15.1 Å². The molecule has 3 heterocycles. The molecule has 3 rings (SSSR count). The number of hydrogen-bond acceptors (Lipinski definition) is 3. The lowest BCUT2D eigenvalue weighted by Gasteiger charge is -2.32. The van der Waals surface area contributed by atoms with Gasteiger partial charge in [-0.15, -0.1) is 0 Å². The molecule has 1 saturated heterocycles. The van der Waals surface area contributed by atoms with Gasteiger partial charge in [0.15, 0.2) is 11.5 Å². The van der Waals surface area contributed by atoms with Crippen LogP contribution in [-0.4, -0.2) is 33.6 Å². The molecule has 1 fully saturated rings. The molecule has 1 atom stereocenters. The van der Waals surface area contributed by atoms with Gasteiger partial charge in [0.2, 0.25) is 0 Å². The zero-order valence-electron chi connectivity index (χ0n) is 10.9. The fourth-order valence-corrected chi connectivity index (χ4v) is 2.54. The Kier molecular flexibility index (Phi) is 3.11. The van der Waals surface area contributed by atoms with E-state index < -0.39 is 0 Å². The van der Waals surface area contributed by atoms with Gasteiger partial charge < -0.3 is 9.32 Å². The van der Waals surface area contributed by atoms with Gasteiger partial charge in [0.25, 0.3) is 5.91 Å². The van der Waals surface area contributed by atoms with E-state index in [0.29, 0.717) is 17.5 Å². The number of nitrogens with one attached hydrogen (secondary N) is 1. The minimum Gasteiger partial charge on any atom is -0.463 e. The third-order valence-corrected chi connectivity index (χ3v) is 3.65. The van der Waals surface area contributed by atoms with Crippen LogP contribution in [0.15, 0.2) is 28.9 Å². The van der Waals surface area contributed by atoms with Gasteiger partial charge >= 0.3 is 0 Å². The van der Waals surface area contributed by atoms with E-state index in [1.165, 1.54) is 6.42 Å². The Bertz CT molecular complexity index is 559. The Morgan fingerprint density at radius 3 is 3.16 bits per heavy atom. The summed E-state index contributed by atoms with van der Waals surface area (Å²) in [4.78, 5) is 14.3. The first-order valence-corrected chi connectivity index (χ1v) is 6.66. The fraction of sp³-hybridized carbons (Fsp3) is 0.429. The zero-order valence-corrected chi connectivity index (χ0v) is 10.9. The number of hydrogen-bond donors (Lipinski definition) is 1. The summed E-state index contributed by atoms with van der Waals surface area (Å²) >= 11 is 0. The maximum absolute atomic E-state index is 12.4. The number of piperidine rings is 1. The SMILES string of the molecule is C[C@H]1CCCCN1C(=O)c1cc(-c2ccco2)[nH]n1. The molecule has 0 aromatic carbocycles. The molecule has 0 spiro atoms. The van der Waals surface area contributed by atoms with Crippen LogP contribution in [0.5, 0.6) is 0 Å². The normalized spacial score (nSPS) is 19.6. The van der Waals surface area contributed by atoms with Gasteiger partial charge in [0.1, 0.15) is 5.69 Å². The summed E-state index contributed by atoms with van der Waals surface area (Å²) in [5, 5.41) is 6.96. The molecule has 0 radical (unpaired) electrons. The second-order valence-corrected chi connectivity index (χ2v) is 4.99. The third-order valence-electron chi connectivity index (χ3n) is 3.65. The highest BCUT2D eigenvalue weighted by molar-refractivity contribution is 5.93. The second-order valence-electron chi connectivity index (χ2n) is 4.99. The van der Waals surface area contributed by atoms with Crippen LogP contribution in [0.1, 0.15) is 36.7 Å². The summed E-state index contributed by atoms with van der Waals surface area (Å²) in [5.74, 6) is 0.694. The highest BCUT2D eigenvalue weighted by atomic mass is 16.3. The van der Waals surface area contributed by atoms with Crippen molar-refractivity contribution in [3.05, 3.63) is 30.2 Å². The first-order valence-electron chi connectivity index (χ1n) is 6.66. The third kappa shape index (κ3) is 2.28. The molecule has 0 bridgehead atoms. The Hall–Kier alpha value is -2.04. The van der Waals surface area contributed by atoms with Crippen molar-refractivity contribution in [3.8, 4) is 11.5 Å². The molecule has 19 heavy (non-hydrogen) atoms. The van der Waals surface area contributed by atoms with Crippen molar-refractivity contribution in [2.75, 3.05) is 6.54 Å². The number of likely N-dealkylation sites (tertiary alicyclic amines) is 1. The summed E-state index contributed by atoms with van der Waals surface area (Å²) in [6.45, 7) is 2.92. The number of H-pyrrole nitrogens is 1. The van der Waals surface area contributed by atoms with Gasteiger partial charge in [-0.3, -0.25) is 9.89 Å². The van der Waals surface area contributed by atoms with Crippen molar-refractivity contribution < 1.29 is 9.21 Å². The molecule has 2 aromatic heterocycles. The first kappa shape index (κ1) is 12.0. The topological polar surface area (TPSA) is 62.1 Å². The van der Waals surface area contributed by atoms with E-state index in [1.54, 1.807) is 12.3 Å². The van der Waals surface area contributed by atoms with Gasteiger partial charge in [-0.25, -0.2) is 0 Å². The van der Waals surface area contributed by atoms with E-state index in [0.717, 1.165) is 25.1 Å². The molecule has 1 N–H and O–H groups in total. The number of amides is 1. The number of carbonyl (C=O) groups is 1. The van der Waals surface area contributed by atoms with Crippen molar-refractivity contribution in [1.29, 1.82) is 0 Å². The lowest BCUT2D eigenvalue weighted by Crippen LogP contribution is -2.42. The minimum atomic E-state index is 0.00116. The molecule has 100 valence electrons. The molecular formula is C14H17N3O2. The predicted octanol–water partition coefficient (Wildman–Crippen LogP) is 2.68. The molecule has 2 aromatic rings. The van der Waals surface area contributed by atoms with E-state index >= 15 is 0 Å². The first-order chi connectivity index (χ1) is 9.25. The Balaban J connectivity index is 1.80. The summed E-state index contributed by atoms with van der Waals surface area (Å²) in [7, 11) is 0. The lowest BCUT2D eigenvalue weighted by atomic mass is 10.0. The van der Waals surface area contributed by atoms with Crippen molar-refractivity contribution in [3.63, 3.8) is 0 Å². The van der Waals surface area contributed by atoms with Gasteiger partial charge in [-0.1, -0.05) is 0 Å². The van der Waals surface area contributed by atoms with Crippen LogP contribution in [0.3, 0.4) is 0 Å². The average Bonchev–Trinajstić information content (AvgIpc) is 3.09. The maximum atomic E-state index is 12.4. The maximum Gasteiger partial charge on any atom is 0.274 e. The molecule has 5 heteroatoms. The number of aromatic amines is 1. The van der Waals surface area contributed by atoms with Crippen LogP contribution in [0, 0.1) is 0 Å². The number of aromatic nitrogens is 2. The standard InChI is InChI=1S/C14H17N3O2/c1-10-5-2-3-7-17(10)14(18)12-9-11(15-16-12)13-6-4-8-19-13/h4,6,8-10H,2-3,5,7H2,1H3,(H,15,16)/t10-/m0/s1. The highest BCUT2D eigenvalue weighted by Gasteiger charge is 2.26. The number of rotatable bonds is 2. The van der Waals surface area contributed by atoms with Gasteiger partial charge in [-0.05, 0) is 38.3 Å². The minimum absolute atomic E-state index is 0.00116. The molecule has 5 nitrogen and oxygen atoms in total. The van der Waals surface area contributed by atoms with Gasteiger partial charge in [-0.2, -0.15) is 5.10 Å². The number of nitrogens with zero attached hydrogens (tertiary/aromatic N) is 2. The molecule has 1 aliphatic heterocycles. The number of furan rings is 1. The average molecular weight is 259 g/mol. The van der Waals surface area contributed by atoms with Crippen LogP contribution in [0.2, 0.25) is 0 Å². The quantitative estimate of drug-likeness (QED) is 0.901.